The van der Waals surface area contributed by atoms with Gasteiger partial charge in [0.05, 0.1) is 5.39 Å². The molecule has 1 atom stereocenters. The molecule has 2 heterocycles. The summed E-state index contributed by atoms with van der Waals surface area (Å²) in [4.78, 5) is 27.0. The van der Waals surface area contributed by atoms with Crippen LogP contribution in [0.25, 0.3) is 10.8 Å². The highest BCUT2D eigenvalue weighted by atomic mass is 16.2. The number of rotatable bonds is 4. The number of hydrogen-bond donors (Lipinski definition) is 1. The number of carbonyl (C=O) groups is 1. The molecular weight excluding hydrogens is 292 g/mol. The Kier molecular flexibility index (Phi) is 4.43. The van der Waals surface area contributed by atoms with Gasteiger partial charge in [-0.25, -0.2) is 4.68 Å². The highest BCUT2D eigenvalue weighted by Gasteiger charge is 2.20. The molecule has 1 amide bonds. The van der Waals surface area contributed by atoms with Crippen molar-refractivity contribution < 1.29 is 4.79 Å². The van der Waals surface area contributed by atoms with Gasteiger partial charge in [-0.1, -0.05) is 18.2 Å². The molecule has 1 aliphatic heterocycles. The Bertz CT molecular complexity index is 778. The third-order valence-corrected chi connectivity index (χ3v) is 4.49. The Morgan fingerprint density at radius 1 is 1.26 bits per heavy atom. The highest BCUT2D eigenvalue weighted by Crippen LogP contribution is 2.14. The molecule has 1 aliphatic rings. The number of hydrogen-bond acceptors (Lipinski definition) is 4. The molecule has 0 radical (unpaired) electrons. The number of benzene rings is 1. The SMILES string of the molecule is C[C@H](CNC(=O)c1nn(C)c(=O)c2ccccc12)N1CCCC1. The molecule has 23 heavy (non-hydrogen) atoms. The summed E-state index contributed by atoms with van der Waals surface area (Å²) in [5.74, 6) is -0.233. The maximum absolute atomic E-state index is 12.5. The van der Waals surface area contributed by atoms with Crippen molar-refractivity contribution >= 4 is 16.7 Å². The Hall–Kier alpha value is -2.21. The maximum Gasteiger partial charge on any atom is 0.274 e. The smallest absolute Gasteiger partial charge is 0.274 e. The first-order valence-corrected chi connectivity index (χ1v) is 8.06. The maximum atomic E-state index is 12.5. The highest BCUT2D eigenvalue weighted by molar-refractivity contribution is 6.04. The zero-order chi connectivity index (χ0) is 16.4. The molecule has 2 aromatic rings. The van der Waals surface area contributed by atoms with Crippen LogP contribution in [0.3, 0.4) is 0 Å². The molecule has 0 bridgehead atoms. The van der Waals surface area contributed by atoms with E-state index in [0.717, 1.165) is 13.1 Å². The molecule has 3 rings (SSSR count). The third-order valence-electron chi connectivity index (χ3n) is 4.49. The quantitative estimate of drug-likeness (QED) is 0.919. The average Bonchev–Trinajstić information content (AvgIpc) is 3.10. The van der Waals surface area contributed by atoms with Gasteiger partial charge in [-0.15, -0.1) is 0 Å². The molecule has 6 heteroatoms. The second kappa shape index (κ2) is 6.50. The predicted octanol–water partition coefficient (Wildman–Crippen LogP) is 1.15. The van der Waals surface area contributed by atoms with E-state index in [-0.39, 0.29) is 11.5 Å². The van der Waals surface area contributed by atoms with Crippen molar-refractivity contribution in [1.82, 2.24) is 20.0 Å². The van der Waals surface area contributed by atoms with Gasteiger partial charge in [0.25, 0.3) is 11.5 Å². The second-order valence-corrected chi connectivity index (χ2v) is 6.13. The number of amides is 1. The van der Waals surface area contributed by atoms with Crippen molar-refractivity contribution in [1.29, 1.82) is 0 Å². The Balaban J connectivity index is 1.81. The van der Waals surface area contributed by atoms with E-state index in [0.29, 0.717) is 29.1 Å². The Morgan fingerprint density at radius 2 is 1.91 bits per heavy atom. The number of nitrogens with one attached hydrogen (secondary N) is 1. The minimum absolute atomic E-state index is 0.192. The van der Waals surface area contributed by atoms with Crippen LogP contribution in [0.2, 0.25) is 0 Å². The third kappa shape index (κ3) is 3.12. The van der Waals surface area contributed by atoms with Gasteiger partial charge in [-0.3, -0.25) is 14.5 Å². The summed E-state index contributed by atoms with van der Waals surface area (Å²) in [7, 11) is 1.57. The second-order valence-electron chi connectivity index (χ2n) is 6.13. The van der Waals surface area contributed by atoms with Gasteiger partial charge in [0, 0.05) is 25.0 Å². The van der Waals surface area contributed by atoms with Gasteiger partial charge in [-0.05, 0) is 38.9 Å². The molecule has 1 aromatic heterocycles. The molecule has 0 saturated carbocycles. The zero-order valence-corrected chi connectivity index (χ0v) is 13.6. The van der Waals surface area contributed by atoms with Crippen LogP contribution in [-0.2, 0) is 7.05 Å². The molecule has 122 valence electrons. The van der Waals surface area contributed by atoms with Crippen LogP contribution in [0.15, 0.2) is 29.1 Å². The van der Waals surface area contributed by atoms with Gasteiger partial charge in [0.2, 0.25) is 0 Å². The lowest BCUT2D eigenvalue weighted by Crippen LogP contribution is -2.41. The lowest BCUT2D eigenvalue weighted by Gasteiger charge is -2.23. The van der Waals surface area contributed by atoms with Crippen molar-refractivity contribution in [3.05, 3.63) is 40.3 Å². The summed E-state index contributed by atoms with van der Waals surface area (Å²) in [6.45, 7) is 4.89. The van der Waals surface area contributed by atoms with Crippen LogP contribution < -0.4 is 10.9 Å². The molecule has 0 aliphatic carbocycles. The van der Waals surface area contributed by atoms with Gasteiger partial charge in [0.1, 0.15) is 0 Å². The molecule has 1 aromatic carbocycles. The van der Waals surface area contributed by atoms with Crippen molar-refractivity contribution in [3.63, 3.8) is 0 Å². The fourth-order valence-electron chi connectivity index (χ4n) is 3.10. The van der Waals surface area contributed by atoms with E-state index in [2.05, 4.69) is 22.2 Å². The van der Waals surface area contributed by atoms with E-state index in [1.165, 1.54) is 17.5 Å². The van der Waals surface area contributed by atoms with Crippen LogP contribution in [0.4, 0.5) is 0 Å². The summed E-state index contributed by atoms with van der Waals surface area (Å²) in [6, 6.07) is 7.40. The number of fused-ring (bicyclic) bond motifs is 1. The average molecular weight is 314 g/mol. The standard InChI is InChI=1S/C17H22N4O2/c1-12(21-9-5-6-10-21)11-18-16(22)15-13-7-3-4-8-14(13)17(23)20(2)19-15/h3-4,7-8,12H,5-6,9-11H2,1-2H3,(H,18,22)/t12-/m1/s1. The largest absolute Gasteiger partial charge is 0.349 e. The molecule has 1 saturated heterocycles. The monoisotopic (exact) mass is 314 g/mol. The van der Waals surface area contributed by atoms with Crippen LogP contribution in [0.5, 0.6) is 0 Å². The number of nitrogens with zero attached hydrogens (tertiary/aromatic N) is 3. The van der Waals surface area contributed by atoms with Gasteiger partial charge in [-0.2, -0.15) is 5.10 Å². The Labute approximate surface area is 135 Å². The number of aromatic nitrogens is 2. The summed E-state index contributed by atoms with van der Waals surface area (Å²) in [6.07, 6.45) is 2.45. The summed E-state index contributed by atoms with van der Waals surface area (Å²) < 4.78 is 1.22. The van der Waals surface area contributed by atoms with E-state index in [1.54, 1.807) is 25.2 Å². The number of aryl methyl sites for hydroxylation is 1. The molecule has 0 spiro atoms. The van der Waals surface area contributed by atoms with Crippen molar-refractivity contribution in [2.24, 2.45) is 7.05 Å². The van der Waals surface area contributed by atoms with E-state index in [1.807, 2.05) is 6.07 Å². The van der Waals surface area contributed by atoms with E-state index >= 15 is 0 Å². The molecule has 0 unspecified atom stereocenters. The molecule has 1 fully saturated rings. The molecular formula is C17H22N4O2. The first-order chi connectivity index (χ1) is 11.1. The summed E-state index contributed by atoms with van der Waals surface area (Å²) in [5.41, 5.74) is 0.110. The normalized spacial score (nSPS) is 16.6. The van der Waals surface area contributed by atoms with Gasteiger partial charge >= 0.3 is 0 Å². The Morgan fingerprint density at radius 3 is 2.61 bits per heavy atom. The van der Waals surface area contributed by atoms with Crippen LogP contribution in [0.1, 0.15) is 30.3 Å². The molecule has 6 nitrogen and oxygen atoms in total. The lowest BCUT2D eigenvalue weighted by atomic mass is 10.1. The minimum Gasteiger partial charge on any atom is -0.349 e. The zero-order valence-electron chi connectivity index (χ0n) is 13.6. The van der Waals surface area contributed by atoms with Crippen molar-refractivity contribution in [2.75, 3.05) is 19.6 Å². The van der Waals surface area contributed by atoms with E-state index in [9.17, 15) is 9.59 Å². The van der Waals surface area contributed by atoms with Crippen LogP contribution in [-0.4, -0.2) is 46.3 Å². The van der Waals surface area contributed by atoms with Gasteiger partial charge in [0.15, 0.2) is 5.69 Å². The van der Waals surface area contributed by atoms with Crippen LogP contribution >= 0.6 is 0 Å². The summed E-state index contributed by atoms with van der Waals surface area (Å²) in [5, 5.41) is 8.23. The fraction of sp³-hybridized carbons (Fsp3) is 0.471. The fourth-order valence-corrected chi connectivity index (χ4v) is 3.10. The summed E-state index contributed by atoms with van der Waals surface area (Å²) >= 11 is 0. The first kappa shape index (κ1) is 15.7. The van der Waals surface area contributed by atoms with E-state index < -0.39 is 0 Å². The van der Waals surface area contributed by atoms with Gasteiger partial charge < -0.3 is 5.32 Å². The topological polar surface area (TPSA) is 67.2 Å². The number of carbonyl (C=O) groups excluding carboxylic acids is 1. The number of likely N-dealkylation sites (tertiary alicyclic amines) is 1. The van der Waals surface area contributed by atoms with Crippen LogP contribution in [0, 0.1) is 0 Å². The minimum atomic E-state index is -0.233. The first-order valence-electron chi connectivity index (χ1n) is 8.06. The van der Waals surface area contributed by atoms with Crippen molar-refractivity contribution in [3.8, 4) is 0 Å². The van der Waals surface area contributed by atoms with E-state index in [4.69, 9.17) is 0 Å². The molecule has 1 N–H and O–H groups in total. The predicted molar refractivity (Wildman–Crippen MR) is 89.6 cm³/mol. The lowest BCUT2D eigenvalue weighted by molar-refractivity contribution is 0.0935. The van der Waals surface area contributed by atoms with Crippen molar-refractivity contribution in [2.45, 2.75) is 25.8 Å².